The topological polar surface area (TPSA) is 57.5 Å². The van der Waals surface area contributed by atoms with Gasteiger partial charge in [0.2, 0.25) is 0 Å². The van der Waals surface area contributed by atoms with Gasteiger partial charge >= 0.3 is 172 Å². The Kier molecular flexibility index (Phi) is 16.2. The Morgan fingerprint density at radius 3 is 1.93 bits per heavy atom. The van der Waals surface area contributed by atoms with E-state index in [9.17, 15) is 9.90 Å². The van der Waals surface area contributed by atoms with Crippen LogP contribution in [0, 0.1) is 0 Å². The molecule has 2 N–H and O–H groups in total. The molecule has 3 nitrogen and oxygen atoms in total. The summed E-state index contributed by atoms with van der Waals surface area (Å²) in [5.74, 6) is -0.771. The summed E-state index contributed by atoms with van der Waals surface area (Å²) >= 11 is 0.238. The average Bonchev–Trinajstić information content (AvgIpc) is 2.71. The fourth-order valence-electron chi connectivity index (χ4n) is 3.66. The molecule has 0 aliphatic carbocycles. The first kappa shape index (κ1) is 26.2. The minimum atomic E-state index is -0.771. The van der Waals surface area contributed by atoms with Crippen molar-refractivity contribution in [2.45, 2.75) is 114 Å². The van der Waals surface area contributed by atoms with Gasteiger partial charge in [0.05, 0.1) is 0 Å². The van der Waals surface area contributed by atoms with Crippen molar-refractivity contribution in [2.24, 2.45) is 0 Å². The molecule has 0 aliphatic heterocycles. The van der Waals surface area contributed by atoms with E-state index in [0.717, 1.165) is 6.42 Å². The van der Waals surface area contributed by atoms with Crippen molar-refractivity contribution in [1.29, 1.82) is 0 Å². The molecule has 0 radical (unpaired) electrons. The van der Waals surface area contributed by atoms with Crippen LogP contribution in [0.4, 0.5) is 0 Å². The fourth-order valence-corrected chi connectivity index (χ4v) is 6.27. The molecule has 1 rings (SSSR count). The molecule has 0 spiro atoms. The van der Waals surface area contributed by atoms with Gasteiger partial charge in [0, 0.05) is 0 Å². The van der Waals surface area contributed by atoms with E-state index in [1.807, 2.05) is 6.07 Å². The molecule has 1 aromatic carbocycles. The summed E-state index contributed by atoms with van der Waals surface area (Å²) in [6, 6.07) is 10.5. The average molecular weight is 470 g/mol. The molecule has 0 heterocycles. The quantitative estimate of drug-likeness (QED) is 0.190. The first-order chi connectivity index (χ1) is 14.1. The Balaban J connectivity index is 2.24. The van der Waals surface area contributed by atoms with Gasteiger partial charge in [-0.3, -0.25) is 0 Å². The number of aliphatic hydroxyl groups is 1. The number of aliphatic carboxylic acids is 1. The Morgan fingerprint density at radius 1 is 0.828 bits per heavy atom. The van der Waals surface area contributed by atoms with Crippen molar-refractivity contribution in [1.82, 2.24) is 0 Å². The van der Waals surface area contributed by atoms with Crippen LogP contribution in [0.5, 0.6) is 0 Å². The molecule has 4 heteroatoms. The summed E-state index contributed by atoms with van der Waals surface area (Å²) < 4.78 is 1.32. The van der Waals surface area contributed by atoms with Gasteiger partial charge in [-0.05, 0) is 0 Å². The molecular weight excluding hydrogens is 427 g/mol. The van der Waals surface area contributed by atoms with Gasteiger partial charge in [0.1, 0.15) is 0 Å². The second kappa shape index (κ2) is 18.0. The summed E-state index contributed by atoms with van der Waals surface area (Å²) in [5, 5.41) is 19.5. The molecule has 0 amide bonds. The van der Waals surface area contributed by atoms with Crippen LogP contribution in [-0.4, -0.2) is 37.2 Å². The molecule has 0 fully saturated rings. The third-order valence-electron chi connectivity index (χ3n) is 5.44. The summed E-state index contributed by atoms with van der Waals surface area (Å²) in [6.45, 7) is 2.26. The van der Waals surface area contributed by atoms with Gasteiger partial charge in [-0.25, -0.2) is 0 Å². The van der Waals surface area contributed by atoms with Gasteiger partial charge < -0.3 is 0 Å². The number of aliphatic hydroxyl groups excluding tert-OH is 1. The Hall–Kier alpha value is -0.831. The monoisotopic (exact) mass is 470 g/mol. The first-order valence-corrected chi connectivity index (χ1v) is 13.6. The standard InChI is InChI=1S/C25H42O3Se/c1-2-3-4-5-6-7-8-9-10-11-15-20-24(23(26)19-16-21-25(27)28)29-22-17-13-12-14-18-22/h12-14,17-18,23-24,26H,2-11,15-16,19-21H2,1H3,(H,27,28). The molecule has 0 bridgehead atoms. The van der Waals surface area contributed by atoms with Crippen molar-refractivity contribution < 1.29 is 15.0 Å². The van der Waals surface area contributed by atoms with Crippen LogP contribution in [0.25, 0.3) is 0 Å². The number of carboxylic acids is 1. The molecule has 166 valence electrons. The van der Waals surface area contributed by atoms with E-state index in [1.54, 1.807) is 0 Å². The Labute approximate surface area is 184 Å². The van der Waals surface area contributed by atoms with E-state index in [-0.39, 0.29) is 32.3 Å². The third-order valence-corrected chi connectivity index (χ3v) is 8.37. The molecule has 2 atom stereocenters. The number of benzene rings is 1. The number of unbranched alkanes of at least 4 members (excludes halogenated alkanes) is 10. The predicted octanol–water partition coefficient (Wildman–Crippen LogP) is 6.12. The summed E-state index contributed by atoms with van der Waals surface area (Å²) in [6.07, 6.45) is 16.7. The van der Waals surface area contributed by atoms with Crippen molar-refractivity contribution in [3.05, 3.63) is 30.3 Å². The summed E-state index contributed by atoms with van der Waals surface area (Å²) in [5.41, 5.74) is 0. The van der Waals surface area contributed by atoms with E-state index >= 15 is 0 Å². The maximum absolute atomic E-state index is 10.7. The van der Waals surface area contributed by atoms with Crippen LogP contribution in [0.3, 0.4) is 0 Å². The van der Waals surface area contributed by atoms with Crippen molar-refractivity contribution in [3.8, 4) is 0 Å². The second-order valence-corrected chi connectivity index (χ2v) is 10.9. The molecule has 2 unspecified atom stereocenters. The van der Waals surface area contributed by atoms with E-state index in [0.29, 0.717) is 12.8 Å². The molecule has 0 aliphatic rings. The zero-order valence-corrected chi connectivity index (χ0v) is 20.1. The van der Waals surface area contributed by atoms with Gasteiger partial charge in [0.25, 0.3) is 0 Å². The number of rotatable bonds is 19. The van der Waals surface area contributed by atoms with E-state index < -0.39 is 5.97 Å². The van der Waals surface area contributed by atoms with Gasteiger partial charge in [-0.15, -0.1) is 0 Å². The SMILES string of the molecule is CCCCCCCCCCCCCC([Se]c1ccccc1)C(O)CCCC(=O)O. The van der Waals surface area contributed by atoms with Crippen LogP contribution in [0.2, 0.25) is 4.82 Å². The predicted molar refractivity (Wildman–Crippen MR) is 124 cm³/mol. The minimum absolute atomic E-state index is 0.153. The number of hydrogen-bond acceptors (Lipinski definition) is 2. The van der Waals surface area contributed by atoms with Crippen LogP contribution in [0.1, 0.15) is 103 Å². The molecule has 0 saturated heterocycles. The molecule has 29 heavy (non-hydrogen) atoms. The first-order valence-electron chi connectivity index (χ1n) is 11.7. The summed E-state index contributed by atoms with van der Waals surface area (Å²) in [7, 11) is 0. The van der Waals surface area contributed by atoms with Crippen molar-refractivity contribution in [2.75, 3.05) is 0 Å². The van der Waals surface area contributed by atoms with Crippen molar-refractivity contribution in [3.63, 3.8) is 0 Å². The van der Waals surface area contributed by atoms with Crippen LogP contribution in [-0.2, 0) is 4.79 Å². The second-order valence-electron chi connectivity index (χ2n) is 8.15. The van der Waals surface area contributed by atoms with E-state index in [4.69, 9.17) is 5.11 Å². The number of hydrogen-bond donors (Lipinski definition) is 2. The van der Waals surface area contributed by atoms with E-state index in [2.05, 4.69) is 31.2 Å². The van der Waals surface area contributed by atoms with Gasteiger partial charge in [0.15, 0.2) is 0 Å². The molecule has 1 aromatic rings. The zero-order valence-electron chi connectivity index (χ0n) is 18.4. The zero-order chi connectivity index (χ0) is 21.2. The van der Waals surface area contributed by atoms with Crippen molar-refractivity contribution >= 4 is 25.4 Å². The van der Waals surface area contributed by atoms with E-state index in [1.165, 1.54) is 75.1 Å². The fraction of sp³-hybridized carbons (Fsp3) is 0.720. The molecule has 0 saturated carbocycles. The molecular formula is C25H42O3Se. The Morgan fingerprint density at radius 2 is 1.38 bits per heavy atom. The Bertz CT molecular complexity index is 506. The number of carbonyl (C=O) groups is 1. The van der Waals surface area contributed by atoms with Crippen LogP contribution in [0.15, 0.2) is 30.3 Å². The normalized spacial score (nSPS) is 13.3. The maximum atomic E-state index is 10.7. The summed E-state index contributed by atoms with van der Waals surface area (Å²) in [4.78, 5) is 11.0. The number of carboxylic acid groups (broad SMARTS) is 1. The van der Waals surface area contributed by atoms with Crippen LogP contribution >= 0.6 is 0 Å². The van der Waals surface area contributed by atoms with Crippen LogP contribution < -0.4 is 4.46 Å². The third kappa shape index (κ3) is 14.7. The van der Waals surface area contributed by atoms with Gasteiger partial charge in [-0.1, -0.05) is 13.3 Å². The molecule has 0 aromatic heterocycles. The van der Waals surface area contributed by atoms with Gasteiger partial charge in [-0.2, -0.15) is 0 Å².